The molecule has 2 aromatic rings. The largest absolute Gasteiger partial charge is 0.311 e. The number of nitriles is 1. The van der Waals surface area contributed by atoms with Gasteiger partial charge in [-0.3, -0.25) is 24.3 Å². The second kappa shape index (κ2) is 10.8. The molecule has 7 rings (SSSR count). The minimum atomic E-state index is -0.787. The number of hydrogen-bond donors (Lipinski definition) is 2. The smallest absolute Gasteiger partial charge is 0.263 e. The van der Waals surface area contributed by atoms with Crippen LogP contribution in [0.15, 0.2) is 23.0 Å². The van der Waals surface area contributed by atoms with Gasteiger partial charge in [0.1, 0.15) is 17.9 Å². The third-order valence-electron chi connectivity index (χ3n) is 9.76. The number of carbonyl (C=O) groups excluding carboxylic acids is 2. The van der Waals surface area contributed by atoms with Gasteiger partial charge in [0.15, 0.2) is 0 Å². The van der Waals surface area contributed by atoms with Crippen LogP contribution in [0.1, 0.15) is 101 Å². The quantitative estimate of drug-likeness (QED) is 0.350. The number of benzene rings is 1. The highest BCUT2D eigenvalue weighted by Gasteiger charge is 2.50. The van der Waals surface area contributed by atoms with Gasteiger partial charge in [0.2, 0.25) is 11.8 Å². The summed E-state index contributed by atoms with van der Waals surface area (Å²) in [5.74, 6) is 2.66. The van der Waals surface area contributed by atoms with Gasteiger partial charge in [0, 0.05) is 18.4 Å². The molecule has 1 aromatic carbocycles. The lowest BCUT2D eigenvalue weighted by Crippen LogP contribution is -2.58. The van der Waals surface area contributed by atoms with Gasteiger partial charge in [-0.2, -0.15) is 5.26 Å². The minimum Gasteiger partial charge on any atom is -0.311 e. The lowest BCUT2D eigenvalue weighted by atomic mass is 9.53. The molecule has 0 radical (unpaired) electrons. The highest BCUT2D eigenvalue weighted by molar-refractivity contribution is 5.99. The van der Waals surface area contributed by atoms with Crippen molar-refractivity contribution in [1.82, 2.24) is 20.2 Å². The average Bonchev–Trinajstić information content (AvgIpc) is 2.90. The zero-order valence-corrected chi connectivity index (χ0v) is 22.7. The van der Waals surface area contributed by atoms with Crippen LogP contribution >= 0.6 is 0 Å². The number of aryl methyl sites for hydroxylation is 1. The van der Waals surface area contributed by atoms with Crippen molar-refractivity contribution in [2.45, 2.75) is 101 Å². The first-order valence-electron chi connectivity index (χ1n) is 15.0. The van der Waals surface area contributed by atoms with Gasteiger partial charge in [-0.05, 0) is 94.2 Å². The Labute approximate surface area is 229 Å². The predicted octanol–water partition coefficient (Wildman–Crippen LogP) is 4.30. The number of nitrogens with one attached hydrogen (secondary N) is 2. The van der Waals surface area contributed by atoms with Crippen LogP contribution in [0.4, 0.5) is 0 Å². The molecule has 1 aromatic heterocycles. The number of nitrogens with zero attached hydrogens (tertiary/aromatic N) is 3. The summed E-state index contributed by atoms with van der Waals surface area (Å²) >= 11 is 0. The normalized spacial score (nSPS) is 29.5. The molecular weight excluding hydrogens is 490 g/mol. The maximum Gasteiger partial charge on any atom is 0.263 e. The van der Waals surface area contributed by atoms with E-state index in [4.69, 9.17) is 4.98 Å². The number of hydrogen-bond acceptors (Lipinski definition) is 6. The number of aromatic nitrogens is 2. The van der Waals surface area contributed by atoms with Crippen molar-refractivity contribution in [1.29, 1.82) is 5.26 Å². The Kier molecular flexibility index (Phi) is 7.28. The molecular formula is C31H39N5O3. The summed E-state index contributed by atoms with van der Waals surface area (Å²) in [6.45, 7) is 1.11. The molecule has 39 heavy (non-hydrogen) atoms. The van der Waals surface area contributed by atoms with E-state index in [1.165, 1.54) is 55.9 Å². The molecule has 8 heteroatoms. The van der Waals surface area contributed by atoms with Gasteiger partial charge < -0.3 is 5.32 Å². The standard InChI is InChI=1S/C31H39N5O3/c32-19-23-7-6-8-24-28(23)30(39)36(25-10-11-27(37)35-29(25)38)26(34-24)9-4-2-1-3-5-12-33-31-16-20-13-21(17-31)15-22(14-20)18-31/h6-8,20-22,25,33H,1-5,9-18H2,(H,35,37,38). The summed E-state index contributed by atoms with van der Waals surface area (Å²) in [5.41, 5.74) is 0.784. The van der Waals surface area contributed by atoms with Gasteiger partial charge in [-0.1, -0.05) is 25.3 Å². The van der Waals surface area contributed by atoms with Gasteiger partial charge in [-0.25, -0.2) is 4.98 Å². The van der Waals surface area contributed by atoms with Crippen LogP contribution in [-0.2, 0) is 16.0 Å². The molecule has 5 fully saturated rings. The van der Waals surface area contributed by atoms with Crippen molar-refractivity contribution in [3.63, 3.8) is 0 Å². The maximum atomic E-state index is 13.6. The number of imide groups is 1. The Morgan fingerprint density at radius 3 is 2.38 bits per heavy atom. The van der Waals surface area contributed by atoms with E-state index in [9.17, 15) is 19.6 Å². The molecule has 0 spiro atoms. The zero-order chi connectivity index (χ0) is 27.0. The van der Waals surface area contributed by atoms with E-state index in [1.54, 1.807) is 18.2 Å². The molecule has 4 aliphatic carbocycles. The molecule has 1 aliphatic heterocycles. The fraction of sp³-hybridized carbons (Fsp3) is 0.645. The molecule has 4 saturated carbocycles. The Morgan fingerprint density at radius 2 is 1.69 bits per heavy atom. The van der Waals surface area contributed by atoms with E-state index in [0.717, 1.165) is 43.6 Å². The van der Waals surface area contributed by atoms with E-state index in [-0.39, 0.29) is 35.3 Å². The number of amides is 2. The average molecular weight is 530 g/mol. The van der Waals surface area contributed by atoms with Gasteiger partial charge in [0.25, 0.3) is 5.56 Å². The van der Waals surface area contributed by atoms with E-state index in [1.807, 2.05) is 0 Å². The summed E-state index contributed by atoms with van der Waals surface area (Å²) < 4.78 is 1.44. The first-order valence-corrected chi connectivity index (χ1v) is 15.0. The van der Waals surface area contributed by atoms with Crippen LogP contribution in [0, 0.1) is 29.1 Å². The SMILES string of the molecule is N#Cc1cccc2nc(CCCCCCCNC34CC5CC(CC(C5)C3)C4)n(C3CCC(=O)NC3=O)c(=O)c12. The van der Waals surface area contributed by atoms with Crippen LogP contribution in [0.3, 0.4) is 0 Å². The molecule has 8 nitrogen and oxygen atoms in total. The van der Waals surface area contributed by atoms with Crippen molar-refractivity contribution in [3.05, 3.63) is 39.9 Å². The van der Waals surface area contributed by atoms with Crippen molar-refractivity contribution in [2.75, 3.05) is 6.54 Å². The second-order valence-electron chi connectivity index (χ2n) is 12.6. The van der Waals surface area contributed by atoms with E-state index in [2.05, 4.69) is 16.7 Å². The van der Waals surface area contributed by atoms with Crippen LogP contribution in [0.25, 0.3) is 10.9 Å². The molecule has 2 amide bonds. The lowest BCUT2D eigenvalue weighted by molar-refractivity contribution is -0.135. The summed E-state index contributed by atoms with van der Waals surface area (Å²) in [4.78, 5) is 42.8. The number of carbonyl (C=O) groups is 2. The third kappa shape index (κ3) is 5.26. The molecule has 2 N–H and O–H groups in total. The van der Waals surface area contributed by atoms with Crippen LogP contribution in [0.2, 0.25) is 0 Å². The Bertz CT molecular complexity index is 1340. The van der Waals surface area contributed by atoms with Crippen LogP contribution in [0.5, 0.6) is 0 Å². The summed E-state index contributed by atoms with van der Waals surface area (Å²) in [6, 6.07) is 6.36. The Hall–Kier alpha value is -3.05. The highest BCUT2D eigenvalue weighted by atomic mass is 16.2. The summed E-state index contributed by atoms with van der Waals surface area (Å²) in [7, 11) is 0. The molecule has 1 saturated heterocycles. The lowest BCUT2D eigenvalue weighted by Gasteiger charge is -2.57. The monoisotopic (exact) mass is 529 g/mol. The zero-order valence-electron chi connectivity index (χ0n) is 22.7. The van der Waals surface area contributed by atoms with Crippen molar-refractivity contribution in [2.24, 2.45) is 17.8 Å². The molecule has 4 bridgehead atoms. The predicted molar refractivity (Wildman–Crippen MR) is 148 cm³/mol. The first kappa shape index (κ1) is 26.2. The Morgan fingerprint density at radius 1 is 1.00 bits per heavy atom. The maximum absolute atomic E-state index is 13.6. The number of piperidine rings is 1. The molecule has 1 unspecified atom stereocenters. The van der Waals surface area contributed by atoms with Crippen molar-refractivity contribution in [3.8, 4) is 6.07 Å². The van der Waals surface area contributed by atoms with Gasteiger partial charge in [-0.15, -0.1) is 0 Å². The topological polar surface area (TPSA) is 117 Å². The number of fused-ring (bicyclic) bond motifs is 1. The fourth-order valence-corrected chi connectivity index (χ4v) is 8.43. The van der Waals surface area contributed by atoms with Crippen LogP contribution < -0.4 is 16.2 Å². The summed E-state index contributed by atoms with van der Waals surface area (Å²) in [6.07, 6.45) is 15.0. The number of unbranched alkanes of at least 4 members (excludes halogenated alkanes) is 4. The second-order valence-corrected chi connectivity index (χ2v) is 12.6. The first-order chi connectivity index (χ1) is 18.9. The molecule has 5 aliphatic rings. The van der Waals surface area contributed by atoms with Gasteiger partial charge in [0.05, 0.1) is 16.5 Å². The molecule has 1 atom stereocenters. The summed E-state index contributed by atoms with van der Waals surface area (Å²) in [5, 5.41) is 16.1. The Balaban J connectivity index is 1.05. The van der Waals surface area contributed by atoms with E-state index < -0.39 is 11.9 Å². The van der Waals surface area contributed by atoms with Gasteiger partial charge >= 0.3 is 0 Å². The van der Waals surface area contributed by atoms with Crippen molar-refractivity contribution < 1.29 is 9.59 Å². The van der Waals surface area contributed by atoms with E-state index in [0.29, 0.717) is 23.3 Å². The third-order valence-corrected chi connectivity index (χ3v) is 9.76. The molecule has 2 heterocycles. The highest BCUT2D eigenvalue weighted by Crippen LogP contribution is 2.55. The van der Waals surface area contributed by atoms with Crippen LogP contribution in [-0.4, -0.2) is 33.4 Å². The fourth-order valence-electron chi connectivity index (χ4n) is 8.43. The van der Waals surface area contributed by atoms with E-state index >= 15 is 0 Å². The number of rotatable bonds is 10. The van der Waals surface area contributed by atoms with Crippen molar-refractivity contribution >= 4 is 22.7 Å². The molecule has 206 valence electrons. The minimum absolute atomic E-state index is 0.178.